The zero-order valence-corrected chi connectivity index (χ0v) is 18.5. The number of nitrogens with zero attached hydrogens (tertiary/aromatic N) is 6. The summed E-state index contributed by atoms with van der Waals surface area (Å²) >= 11 is 0. The Morgan fingerprint density at radius 1 is 1.24 bits per heavy atom. The molecule has 1 saturated heterocycles. The van der Waals surface area contributed by atoms with Crippen LogP contribution in [0.15, 0.2) is 53.3 Å². The first kappa shape index (κ1) is 22.6. The Labute approximate surface area is 191 Å². The minimum absolute atomic E-state index is 0.304. The minimum atomic E-state index is -0.620. The van der Waals surface area contributed by atoms with Gasteiger partial charge < -0.3 is 9.42 Å². The van der Waals surface area contributed by atoms with Crippen molar-refractivity contribution in [3.63, 3.8) is 0 Å². The van der Waals surface area contributed by atoms with Crippen molar-refractivity contribution in [2.75, 3.05) is 25.0 Å². The lowest BCUT2D eigenvalue weighted by atomic mass is 9.96. The van der Waals surface area contributed by atoms with Crippen LogP contribution >= 0.6 is 0 Å². The maximum Gasteiger partial charge on any atom is 0.267 e. The van der Waals surface area contributed by atoms with Gasteiger partial charge in [-0.1, -0.05) is 35.5 Å². The number of carbonyl (C=O) groups is 1. The van der Waals surface area contributed by atoms with Crippen molar-refractivity contribution in [3.8, 4) is 0 Å². The van der Waals surface area contributed by atoms with Gasteiger partial charge in [0.15, 0.2) is 5.82 Å². The van der Waals surface area contributed by atoms with Gasteiger partial charge in [0.05, 0.1) is 6.54 Å². The van der Waals surface area contributed by atoms with Crippen molar-refractivity contribution >= 4 is 17.9 Å². The van der Waals surface area contributed by atoms with E-state index < -0.39 is 5.91 Å². The summed E-state index contributed by atoms with van der Waals surface area (Å²) in [5.41, 5.74) is 3.50. The Morgan fingerprint density at radius 2 is 1.97 bits per heavy atom. The van der Waals surface area contributed by atoms with Gasteiger partial charge in [0.2, 0.25) is 11.8 Å². The van der Waals surface area contributed by atoms with E-state index in [4.69, 9.17) is 9.73 Å². The number of carbonyl (C=O) groups excluding carboxylic acids is 1. The van der Waals surface area contributed by atoms with Crippen LogP contribution in [0.4, 0.5) is 5.95 Å². The fraction of sp³-hybridized carbons (Fsp3) is 0.348. The lowest BCUT2D eigenvalue weighted by Crippen LogP contribution is -2.32. The molecule has 33 heavy (non-hydrogen) atoms. The summed E-state index contributed by atoms with van der Waals surface area (Å²) in [7, 11) is 1.84. The monoisotopic (exact) mass is 449 g/mol. The van der Waals surface area contributed by atoms with Crippen molar-refractivity contribution in [2.45, 2.75) is 31.8 Å². The molecule has 10 nitrogen and oxygen atoms in total. The predicted molar refractivity (Wildman–Crippen MR) is 121 cm³/mol. The maximum absolute atomic E-state index is 11.0. The van der Waals surface area contributed by atoms with Gasteiger partial charge in [-0.15, -0.1) is 0 Å². The SMILES string of the molecule is CN(Cc1nc(C2CCN(Cc3ccccc3)CC2)no1)c1ncc(/C=C/C(=O)NO)cn1. The lowest BCUT2D eigenvalue weighted by Gasteiger charge is -2.30. The molecule has 1 aromatic carbocycles. The second-order valence-electron chi connectivity index (χ2n) is 8.06. The highest BCUT2D eigenvalue weighted by Gasteiger charge is 2.25. The number of likely N-dealkylation sites (tertiary alicyclic amines) is 1. The molecule has 1 aliphatic rings. The molecule has 1 aliphatic heterocycles. The van der Waals surface area contributed by atoms with Crippen LogP contribution in [0.5, 0.6) is 0 Å². The molecule has 0 unspecified atom stereocenters. The molecule has 0 aliphatic carbocycles. The summed E-state index contributed by atoms with van der Waals surface area (Å²) in [6, 6.07) is 10.5. The number of piperidine rings is 1. The van der Waals surface area contributed by atoms with Crippen molar-refractivity contribution in [1.82, 2.24) is 30.5 Å². The fourth-order valence-electron chi connectivity index (χ4n) is 3.79. The Balaban J connectivity index is 1.28. The molecule has 1 fully saturated rings. The van der Waals surface area contributed by atoms with Gasteiger partial charge in [-0.25, -0.2) is 15.4 Å². The number of anilines is 1. The molecule has 172 valence electrons. The average molecular weight is 450 g/mol. The van der Waals surface area contributed by atoms with Crippen LogP contribution in [0, 0.1) is 0 Å². The van der Waals surface area contributed by atoms with Crippen LogP contribution in [0.25, 0.3) is 6.08 Å². The Morgan fingerprint density at radius 3 is 2.67 bits per heavy atom. The maximum atomic E-state index is 11.0. The Hall–Kier alpha value is -3.63. The smallest absolute Gasteiger partial charge is 0.267 e. The summed E-state index contributed by atoms with van der Waals surface area (Å²) in [6.07, 6.45) is 7.88. The van der Waals surface area contributed by atoms with Crippen LogP contribution in [-0.2, 0) is 17.9 Å². The second kappa shape index (κ2) is 10.8. The van der Waals surface area contributed by atoms with Gasteiger partial charge in [-0.05, 0) is 37.6 Å². The summed E-state index contributed by atoms with van der Waals surface area (Å²) in [4.78, 5) is 28.5. The molecule has 0 bridgehead atoms. The number of hydrogen-bond acceptors (Lipinski definition) is 9. The van der Waals surface area contributed by atoms with Crippen molar-refractivity contribution in [2.24, 2.45) is 0 Å². The van der Waals surface area contributed by atoms with E-state index in [0.29, 0.717) is 29.9 Å². The Kier molecular flexibility index (Phi) is 7.38. The van der Waals surface area contributed by atoms with E-state index >= 15 is 0 Å². The van der Waals surface area contributed by atoms with Crippen LogP contribution in [0.2, 0.25) is 0 Å². The van der Waals surface area contributed by atoms with Crippen molar-refractivity contribution in [3.05, 3.63) is 71.6 Å². The number of hydroxylamine groups is 1. The molecule has 10 heteroatoms. The molecule has 4 rings (SSSR count). The first-order valence-electron chi connectivity index (χ1n) is 10.8. The number of nitrogens with one attached hydrogen (secondary N) is 1. The highest BCUT2D eigenvalue weighted by Crippen LogP contribution is 2.27. The number of benzene rings is 1. The third-order valence-corrected chi connectivity index (χ3v) is 5.59. The highest BCUT2D eigenvalue weighted by atomic mass is 16.5. The predicted octanol–water partition coefficient (Wildman–Crippen LogP) is 2.39. The van der Waals surface area contributed by atoms with Gasteiger partial charge in [-0.3, -0.25) is 14.9 Å². The molecule has 0 saturated carbocycles. The molecule has 2 aromatic heterocycles. The van der Waals surface area contributed by atoms with Gasteiger partial charge >= 0.3 is 0 Å². The van der Waals surface area contributed by atoms with E-state index in [9.17, 15) is 4.79 Å². The van der Waals surface area contributed by atoms with Crippen molar-refractivity contribution < 1.29 is 14.5 Å². The van der Waals surface area contributed by atoms with Gasteiger partial charge in [0.1, 0.15) is 0 Å². The van der Waals surface area contributed by atoms with E-state index in [1.54, 1.807) is 12.4 Å². The van der Waals surface area contributed by atoms with Gasteiger partial charge in [0, 0.05) is 43.5 Å². The average Bonchev–Trinajstić information content (AvgIpc) is 3.32. The van der Waals surface area contributed by atoms with Crippen LogP contribution in [-0.4, -0.2) is 56.3 Å². The molecular formula is C23H27N7O3. The highest BCUT2D eigenvalue weighted by molar-refractivity contribution is 5.90. The molecule has 2 N–H and O–H groups in total. The molecule has 1 amide bonds. The fourth-order valence-corrected chi connectivity index (χ4v) is 3.79. The number of amides is 1. The normalized spacial score (nSPS) is 15.1. The summed E-state index contributed by atoms with van der Waals surface area (Å²) in [6.45, 7) is 3.39. The second-order valence-corrected chi connectivity index (χ2v) is 8.06. The first-order chi connectivity index (χ1) is 16.1. The van der Waals surface area contributed by atoms with E-state index in [1.165, 1.54) is 23.2 Å². The number of hydrogen-bond donors (Lipinski definition) is 2. The topological polar surface area (TPSA) is 121 Å². The first-order valence-corrected chi connectivity index (χ1v) is 10.8. The zero-order valence-electron chi connectivity index (χ0n) is 18.5. The van der Waals surface area contributed by atoms with Crippen molar-refractivity contribution in [1.29, 1.82) is 0 Å². The molecule has 3 aromatic rings. The summed E-state index contributed by atoms with van der Waals surface area (Å²) < 4.78 is 5.48. The lowest BCUT2D eigenvalue weighted by molar-refractivity contribution is -0.124. The largest absolute Gasteiger partial charge is 0.337 e. The third-order valence-electron chi connectivity index (χ3n) is 5.59. The van der Waals surface area contributed by atoms with Crippen LogP contribution in [0.3, 0.4) is 0 Å². The Bertz CT molecular complexity index is 1060. The summed E-state index contributed by atoms with van der Waals surface area (Å²) in [5, 5.41) is 12.7. The van der Waals surface area contributed by atoms with Gasteiger partial charge in [0.25, 0.3) is 5.91 Å². The number of aromatic nitrogens is 4. The van der Waals surface area contributed by atoms with E-state index in [1.807, 2.05) is 18.0 Å². The quantitative estimate of drug-likeness (QED) is 0.303. The minimum Gasteiger partial charge on any atom is -0.337 e. The van der Waals surface area contributed by atoms with Gasteiger partial charge in [-0.2, -0.15) is 4.98 Å². The van der Waals surface area contributed by atoms with E-state index in [0.717, 1.165) is 38.3 Å². The molecular weight excluding hydrogens is 422 g/mol. The molecule has 3 heterocycles. The summed E-state index contributed by atoms with van der Waals surface area (Å²) in [5.74, 6) is 1.46. The van der Waals surface area contributed by atoms with Crippen LogP contribution in [0.1, 0.15) is 41.6 Å². The van der Waals surface area contributed by atoms with E-state index in [2.05, 4.69) is 49.3 Å². The van der Waals surface area contributed by atoms with E-state index in [-0.39, 0.29) is 0 Å². The molecule has 0 radical (unpaired) electrons. The molecule has 0 spiro atoms. The standard InChI is InChI=1S/C23H27N7O3/c1-29(23-24-13-18(14-25-23)7-8-20(31)27-32)16-21-26-22(28-33-21)19-9-11-30(12-10-19)15-17-5-3-2-4-6-17/h2-8,13-14,19,32H,9-12,15-16H2,1H3,(H,27,31)/b8-7+. The van der Waals surface area contributed by atoms with Crippen LogP contribution < -0.4 is 10.4 Å². The zero-order chi connectivity index (χ0) is 23.0. The molecule has 0 atom stereocenters. The third kappa shape index (κ3) is 6.21. The number of rotatable bonds is 8.